The van der Waals surface area contributed by atoms with E-state index in [-0.39, 0.29) is 0 Å². The maximum Gasteiger partial charge on any atom is 0.0391 e. The van der Waals surface area contributed by atoms with Crippen LogP contribution in [0.3, 0.4) is 0 Å². The minimum atomic E-state index is 0.507. The van der Waals surface area contributed by atoms with Crippen molar-refractivity contribution in [1.82, 2.24) is 5.32 Å². The van der Waals surface area contributed by atoms with Crippen molar-refractivity contribution in [2.24, 2.45) is 0 Å². The molecule has 0 saturated heterocycles. The third-order valence-electron chi connectivity index (χ3n) is 3.76. The number of hydrogen-bond donors (Lipinski definition) is 1. The molecule has 0 bridgehead atoms. The molecule has 3 unspecified atom stereocenters. The second kappa shape index (κ2) is 6.26. The van der Waals surface area contributed by atoms with Crippen molar-refractivity contribution in [2.45, 2.75) is 56.9 Å². The number of hydrogen-bond acceptors (Lipinski definition) is 3. The number of aryl methyl sites for hydroxylation is 1. The van der Waals surface area contributed by atoms with Crippen molar-refractivity contribution in [2.75, 3.05) is 6.26 Å². The van der Waals surface area contributed by atoms with Crippen LogP contribution < -0.4 is 5.32 Å². The van der Waals surface area contributed by atoms with Gasteiger partial charge in [0.15, 0.2) is 0 Å². The van der Waals surface area contributed by atoms with Crippen LogP contribution in [0.25, 0.3) is 0 Å². The Morgan fingerprint density at radius 1 is 1.41 bits per heavy atom. The van der Waals surface area contributed by atoms with E-state index >= 15 is 0 Å². The van der Waals surface area contributed by atoms with Gasteiger partial charge in [0.25, 0.3) is 0 Å². The van der Waals surface area contributed by atoms with E-state index in [9.17, 15) is 0 Å². The van der Waals surface area contributed by atoms with E-state index in [0.29, 0.717) is 12.1 Å². The molecule has 0 amide bonds. The highest BCUT2D eigenvalue weighted by atomic mass is 32.2. The minimum Gasteiger partial charge on any atom is -0.306 e. The average molecular weight is 269 g/mol. The molecule has 1 aromatic rings. The van der Waals surface area contributed by atoms with E-state index in [1.807, 2.05) is 23.1 Å². The molecule has 1 N–H and O–H groups in total. The smallest absolute Gasteiger partial charge is 0.0391 e. The van der Waals surface area contributed by atoms with Gasteiger partial charge in [0.1, 0.15) is 0 Å². The van der Waals surface area contributed by atoms with Gasteiger partial charge in [-0.1, -0.05) is 12.8 Å². The number of thioether (sulfide) groups is 1. The lowest BCUT2D eigenvalue weighted by Crippen LogP contribution is -2.41. The molecule has 1 fully saturated rings. The summed E-state index contributed by atoms with van der Waals surface area (Å²) in [6.07, 6.45) is 7.79. The second-order valence-corrected chi connectivity index (χ2v) is 7.05. The largest absolute Gasteiger partial charge is 0.306 e. The van der Waals surface area contributed by atoms with Crippen LogP contribution in [0.15, 0.2) is 11.4 Å². The lowest BCUT2D eigenvalue weighted by atomic mass is 9.94. The van der Waals surface area contributed by atoms with Gasteiger partial charge in [-0.2, -0.15) is 11.8 Å². The van der Waals surface area contributed by atoms with Crippen molar-refractivity contribution in [3.8, 4) is 0 Å². The zero-order chi connectivity index (χ0) is 12.3. The molecule has 3 atom stereocenters. The highest BCUT2D eigenvalue weighted by Gasteiger charge is 2.26. The average Bonchev–Trinajstić information content (AvgIpc) is 2.76. The minimum absolute atomic E-state index is 0.507. The molecule has 96 valence electrons. The van der Waals surface area contributed by atoms with Crippen LogP contribution in [0.2, 0.25) is 0 Å². The van der Waals surface area contributed by atoms with Gasteiger partial charge < -0.3 is 5.32 Å². The van der Waals surface area contributed by atoms with E-state index in [4.69, 9.17) is 0 Å². The Kier molecular flexibility index (Phi) is 4.95. The van der Waals surface area contributed by atoms with Crippen LogP contribution in [-0.2, 0) is 0 Å². The van der Waals surface area contributed by atoms with Crippen LogP contribution in [-0.4, -0.2) is 17.5 Å². The van der Waals surface area contributed by atoms with E-state index in [2.05, 4.69) is 36.9 Å². The van der Waals surface area contributed by atoms with Gasteiger partial charge in [0, 0.05) is 22.2 Å². The Morgan fingerprint density at radius 2 is 2.18 bits per heavy atom. The Labute approximate surface area is 113 Å². The fourth-order valence-electron chi connectivity index (χ4n) is 2.79. The van der Waals surface area contributed by atoms with Crippen LogP contribution >= 0.6 is 23.1 Å². The molecule has 1 aliphatic carbocycles. The Morgan fingerprint density at radius 3 is 2.82 bits per heavy atom. The van der Waals surface area contributed by atoms with Gasteiger partial charge in [0.2, 0.25) is 0 Å². The Hall–Kier alpha value is 0.0100. The molecule has 0 radical (unpaired) electrons. The lowest BCUT2D eigenvalue weighted by Gasteiger charge is -2.33. The highest BCUT2D eigenvalue weighted by molar-refractivity contribution is 7.99. The summed E-state index contributed by atoms with van der Waals surface area (Å²) in [5, 5.41) is 6.87. The molecule has 1 aromatic heterocycles. The topological polar surface area (TPSA) is 12.0 Å². The summed E-state index contributed by atoms with van der Waals surface area (Å²) in [5.41, 5.74) is 1.44. The van der Waals surface area contributed by atoms with E-state index in [1.54, 1.807) is 0 Å². The van der Waals surface area contributed by atoms with Gasteiger partial charge in [-0.05, 0) is 50.0 Å². The summed E-state index contributed by atoms with van der Waals surface area (Å²) in [6, 6.07) is 3.44. The summed E-state index contributed by atoms with van der Waals surface area (Å²) in [5.74, 6) is 0. The molecule has 1 saturated carbocycles. The van der Waals surface area contributed by atoms with Crippen molar-refractivity contribution in [3.63, 3.8) is 0 Å². The number of thiophene rings is 1. The molecule has 1 aliphatic rings. The Bertz CT molecular complexity index is 348. The summed E-state index contributed by atoms with van der Waals surface area (Å²) in [7, 11) is 0. The Balaban J connectivity index is 1.97. The van der Waals surface area contributed by atoms with Gasteiger partial charge in [-0.25, -0.2) is 0 Å². The fourth-order valence-corrected chi connectivity index (χ4v) is 4.68. The normalized spacial score (nSPS) is 27.0. The summed E-state index contributed by atoms with van der Waals surface area (Å²) in [6.45, 7) is 4.53. The van der Waals surface area contributed by atoms with Crippen molar-refractivity contribution < 1.29 is 0 Å². The van der Waals surface area contributed by atoms with Crippen LogP contribution in [0, 0.1) is 6.92 Å². The maximum absolute atomic E-state index is 3.85. The molecule has 0 aromatic carbocycles. The second-order valence-electron chi connectivity index (χ2n) is 5.02. The van der Waals surface area contributed by atoms with Crippen LogP contribution in [0.4, 0.5) is 0 Å². The first-order chi connectivity index (χ1) is 8.22. The third kappa shape index (κ3) is 3.27. The van der Waals surface area contributed by atoms with Crippen molar-refractivity contribution in [3.05, 3.63) is 21.9 Å². The van der Waals surface area contributed by atoms with Crippen molar-refractivity contribution >= 4 is 23.1 Å². The molecule has 1 nitrogen and oxygen atoms in total. The van der Waals surface area contributed by atoms with Gasteiger partial charge >= 0.3 is 0 Å². The first-order valence-corrected chi connectivity index (χ1v) is 8.72. The van der Waals surface area contributed by atoms with E-state index < -0.39 is 0 Å². The predicted molar refractivity (Wildman–Crippen MR) is 80.2 cm³/mol. The zero-order valence-electron chi connectivity index (χ0n) is 11.0. The molecule has 3 heteroatoms. The van der Waals surface area contributed by atoms with Crippen LogP contribution in [0.5, 0.6) is 0 Å². The fraction of sp³-hybridized carbons (Fsp3) is 0.714. The number of nitrogens with one attached hydrogen (secondary N) is 1. The molecule has 0 spiro atoms. The standard InChI is InChI=1S/C14H23NS2/c1-10-8-9-17-14(10)11(2)15-12-6-4-5-7-13(12)16-3/h8-9,11-13,15H,4-7H2,1-3H3. The quantitative estimate of drug-likeness (QED) is 0.870. The SMILES string of the molecule is CSC1CCCCC1NC(C)c1sccc1C. The number of rotatable bonds is 4. The molecular weight excluding hydrogens is 246 g/mol. The third-order valence-corrected chi connectivity index (χ3v) is 6.14. The van der Waals surface area contributed by atoms with Crippen molar-refractivity contribution in [1.29, 1.82) is 0 Å². The summed E-state index contributed by atoms with van der Waals surface area (Å²) >= 11 is 3.92. The van der Waals surface area contributed by atoms with E-state index in [0.717, 1.165) is 5.25 Å². The molecule has 0 aliphatic heterocycles. The summed E-state index contributed by atoms with van der Waals surface area (Å²) < 4.78 is 0. The maximum atomic E-state index is 3.85. The van der Waals surface area contributed by atoms with Gasteiger partial charge in [-0.3, -0.25) is 0 Å². The monoisotopic (exact) mass is 269 g/mol. The molecule has 2 rings (SSSR count). The first kappa shape index (κ1) is 13.4. The highest BCUT2D eigenvalue weighted by Crippen LogP contribution is 2.30. The van der Waals surface area contributed by atoms with Crippen LogP contribution in [0.1, 0.15) is 49.1 Å². The first-order valence-electron chi connectivity index (χ1n) is 6.55. The van der Waals surface area contributed by atoms with E-state index in [1.165, 1.54) is 36.1 Å². The van der Waals surface area contributed by atoms with Gasteiger partial charge in [-0.15, -0.1) is 11.3 Å². The van der Waals surface area contributed by atoms with Gasteiger partial charge in [0.05, 0.1) is 0 Å². The molecule has 1 heterocycles. The lowest BCUT2D eigenvalue weighted by molar-refractivity contribution is 0.358. The molecular formula is C14H23NS2. The zero-order valence-corrected chi connectivity index (χ0v) is 12.7. The predicted octanol–water partition coefficient (Wildman–Crippen LogP) is 4.38. The summed E-state index contributed by atoms with van der Waals surface area (Å²) in [4.78, 5) is 1.51. The molecule has 17 heavy (non-hydrogen) atoms.